The van der Waals surface area contributed by atoms with E-state index in [9.17, 15) is 4.79 Å². The molecule has 2 aliphatic heterocycles. The number of amidine groups is 1. The molecule has 0 radical (unpaired) electrons. The number of hydrogen-bond donors (Lipinski definition) is 1. The molecule has 0 bridgehead atoms. The van der Waals surface area contributed by atoms with E-state index in [1.165, 1.54) is 5.17 Å². The second-order valence-electron chi connectivity index (χ2n) is 5.28. The van der Waals surface area contributed by atoms with Crippen molar-refractivity contribution in [3.8, 4) is 0 Å². The van der Waals surface area contributed by atoms with Crippen LogP contribution in [0.25, 0.3) is 0 Å². The summed E-state index contributed by atoms with van der Waals surface area (Å²) in [7, 11) is 0. The smallest absolute Gasteiger partial charge is 0.237 e. The van der Waals surface area contributed by atoms with E-state index in [4.69, 9.17) is 0 Å². The predicted octanol–water partition coefficient (Wildman–Crippen LogP) is 0.786. The zero-order chi connectivity index (χ0) is 14.5. The number of nitrogens with zero attached hydrogens (tertiary/aromatic N) is 3. The van der Waals surface area contributed by atoms with Crippen LogP contribution in [0, 0.1) is 0 Å². The second-order valence-corrected chi connectivity index (χ2v) is 6.69. The van der Waals surface area contributed by atoms with Crippen LogP contribution < -0.4 is 5.32 Å². The van der Waals surface area contributed by atoms with Crippen LogP contribution in [-0.2, 0) is 4.79 Å². The number of piperazine rings is 1. The van der Waals surface area contributed by atoms with Gasteiger partial charge in [0.2, 0.25) is 5.91 Å². The molecular formula is C14H24N4OS. The fourth-order valence-corrected chi connectivity index (χ4v) is 3.41. The van der Waals surface area contributed by atoms with Gasteiger partial charge in [0.15, 0.2) is 5.17 Å². The maximum Gasteiger partial charge on any atom is 0.237 e. The molecule has 2 heterocycles. The van der Waals surface area contributed by atoms with Crippen molar-refractivity contribution in [3.05, 3.63) is 12.7 Å². The van der Waals surface area contributed by atoms with E-state index in [2.05, 4.69) is 33.6 Å². The molecule has 0 spiro atoms. The van der Waals surface area contributed by atoms with Gasteiger partial charge in [0.05, 0.1) is 12.6 Å². The van der Waals surface area contributed by atoms with Gasteiger partial charge < -0.3 is 10.2 Å². The number of thioether (sulfide) groups is 1. The largest absolute Gasteiger partial charge is 0.351 e. The minimum Gasteiger partial charge on any atom is -0.351 e. The number of aliphatic imine (C=N–C) groups is 1. The second kappa shape index (κ2) is 7.13. The Morgan fingerprint density at radius 2 is 2.25 bits per heavy atom. The minimum atomic E-state index is -0.0748. The highest BCUT2D eigenvalue weighted by atomic mass is 32.2. The summed E-state index contributed by atoms with van der Waals surface area (Å²) in [5.41, 5.74) is 0. The number of amides is 1. The van der Waals surface area contributed by atoms with Crippen LogP contribution in [0.1, 0.15) is 13.8 Å². The third-order valence-corrected chi connectivity index (χ3v) is 4.87. The lowest BCUT2D eigenvalue weighted by Crippen LogP contribution is -2.54. The highest BCUT2D eigenvalue weighted by Gasteiger charge is 2.28. The molecule has 1 amide bonds. The zero-order valence-electron chi connectivity index (χ0n) is 12.3. The Hall–Kier alpha value is -1.01. The minimum absolute atomic E-state index is 0.0748. The maximum absolute atomic E-state index is 11.9. The standard InChI is InChI=1S/C14H24N4OS/c1-4-5-15-13(19)12(3)17-6-8-18(9-7-17)14-16-10-11(2)20-14/h4,11-12H,1,5-10H2,2-3H3,(H,15,19)/t11-,12-/m1/s1. The average Bonchev–Trinajstić information content (AvgIpc) is 2.90. The van der Waals surface area contributed by atoms with Crippen LogP contribution in [0.2, 0.25) is 0 Å². The summed E-state index contributed by atoms with van der Waals surface area (Å²) in [4.78, 5) is 21.1. The first kappa shape index (κ1) is 15.4. The molecule has 0 aromatic rings. The van der Waals surface area contributed by atoms with Crippen LogP contribution in [0.15, 0.2) is 17.6 Å². The van der Waals surface area contributed by atoms with E-state index in [1.807, 2.05) is 18.7 Å². The summed E-state index contributed by atoms with van der Waals surface area (Å²) in [5.74, 6) is 0.0829. The van der Waals surface area contributed by atoms with E-state index in [1.54, 1.807) is 6.08 Å². The molecule has 0 unspecified atom stereocenters. The Bertz CT molecular complexity index is 391. The summed E-state index contributed by atoms with van der Waals surface area (Å²) < 4.78 is 0. The lowest BCUT2D eigenvalue weighted by atomic mass is 10.2. The molecular weight excluding hydrogens is 272 g/mol. The van der Waals surface area contributed by atoms with Crippen LogP contribution in [-0.4, -0.2) is 71.4 Å². The summed E-state index contributed by atoms with van der Waals surface area (Å²) in [6, 6.07) is -0.0748. The van der Waals surface area contributed by atoms with Crippen molar-refractivity contribution in [2.75, 3.05) is 39.3 Å². The monoisotopic (exact) mass is 296 g/mol. The van der Waals surface area contributed by atoms with Crippen LogP contribution in [0.3, 0.4) is 0 Å². The Balaban J connectivity index is 1.79. The van der Waals surface area contributed by atoms with Crippen LogP contribution in [0.5, 0.6) is 0 Å². The Morgan fingerprint density at radius 3 is 2.80 bits per heavy atom. The molecule has 20 heavy (non-hydrogen) atoms. The number of hydrogen-bond acceptors (Lipinski definition) is 5. The molecule has 1 N–H and O–H groups in total. The first-order valence-corrected chi connectivity index (χ1v) is 8.08. The van der Waals surface area contributed by atoms with E-state index in [-0.39, 0.29) is 11.9 Å². The zero-order valence-corrected chi connectivity index (χ0v) is 13.2. The number of nitrogens with one attached hydrogen (secondary N) is 1. The molecule has 0 aliphatic carbocycles. The van der Waals surface area contributed by atoms with E-state index in [0.29, 0.717) is 11.8 Å². The highest BCUT2D eigenvalue weighted by molar-refractivity contribution is 8.14. The van der Waals surface area contributed by atoms with Crippen molar-refractivity contribution in [1.29, 1.82) is 0 Å². The summed E-state index contributed by atoms with van der Waals surface area (Å²) in [5, 5.41) is 4.65. The third-order valence-electron chi connectivity index (χ3n) is 3.72. The molecule has 0 aromatic heterocycles. The van der Waals surface area contributed by atoms with E-state index < -0.39 is 0 Å². The number of carbonyl (C=O) groups is 1. The quantitative estimate of drug-likeness (QED) is 0.779. The first-order chi connectivity index (χ1) is 9.61. The van der Waals surface area contributed by atoms with E-state index >= 15 is 0 Å². The lowest BCUT2D eigenvalue weighted by Gasteiger charge is -2.38. The highest BCUT2D eigenvalue weighted by Crippen LogP contribution is 2.23. The van der Waals surface area contributed by atoms with Gasteiger partial charge in [-0.3, -0.25) is 14.7 Å². The fourth-order valence-electron chi connectivity index (χ4n) is 2.42. The maximum atomic E-state index is 11.9. The summed E-state index contributed by atoms with van der Waals surface area (Å²) >= 11 is 1.87. The molecule has 6 heteroatoms. The van der Waals surface area contributed by atoms with Gasteiger partial charge in [0, 0.05) is 38.0 Å². The van der Waals surface area contributed by atoms with Gasteiger partial charge in [-0.1, -0.05) is 24.8 Å². The van der Waals surface area contributed by atoms with Crippen molar-refractivity contribution >= 4 is 22.8 Å². The van der Waals surface area contributed by atoms with Gasteiger partial charge in [-0.15, -0.1) is 6.58 Å². The summed E-state index contributed by atoms with van der Waals surface area (Å²) in [6.45, 7) is 13.0. The predicted molar refractivity (Wildman–Crippen MR) is 85.2 cm³/mol. The first-order valence-electron chi connectivity index (χ1n) is 7.20. The fraction of sp³-hybridized carbons (Fsp3) is 0.714. The van der Waals surface area contributed by atoms with Crippen molar-refractivity contribution in [2.45, 2.75) is 25.1 Å². The molecule has 0 aromatic carbocycles. The van der Waals surface area contributed by atoms with Crippen LogP contribution in [0.4, 0.5) is 0 Å². The number of carbonyl (C=O) groups excluding carboxylic acids is 1. The van der Waals surface area contributed by atoms with Gasteiger partial charge in [-0.2, -0.15) is 0 Å². The number of rotatable bonds is 4. The molecule has 1 fully saturated rings. The molecule has 2 rings (SSSR count). The SMILES string of the molecule is C=CCNC(=O)[C@@H](C)N1CCN(C2=NC[C@@H](C)S2)CC1. The molecule has 2 aliphatic rings. The Labute approximate surface area is 125 Å². The van der Waals surface area contributed by atoms with Gasteiger partial charge in [-0.25, -0.2) is 0 Å². The van der Waals surface area contributed by atoms with Crippen LogP contribution >= 0.6 is 11.8 Å². The lowest BCUT2D eigenvalue weighted by molar-refractivity contribution is -0.126. The Kier molecular flexibility index (Phi) is 5.48. The van der Waals surface area contributed by atoms with Crippen molar-refractivity contribution in [3.63, 3.8) is 0 Å². The normalized spacial score (nSPS) is 25.2. The Morgan fingerprint density at radius 1 is 1.55 bits per heavy atom. The van der Waals surface area contributed by atoms with Crippen molar-refractivity contribution in [2.24, 2.45) is 4.99 Å². The van der Waals surface area contributed by atoms with Gasteiger partial charge in [-0.05, 0) is 6.92 Å². The topological polar surface area (TPSA) is 47.9 Å². The van der Waals surface area contributed by atoms with Gasteiger partial charge >= 0.3 is 0 Å². The third kappa shape index (κ3) is 3.76. The van der Waals surface area contributed by atoms with E-state index in [0.717, 1.165) is 32.7 Å². The molecule has 5 nitrogen and oxygen atoms in total. The summed E-state index contributed by atoms with van der Waals surface area (Å²) in [6.07, 6.45) is 1.71. The average molecular weight is 296 g/mol. The van der Waals surface area contributed by atoms with Crippen molar-refractivity contribution < 1.29 is 4.79 Å². The van der Waals surface area contributed by atoms with Crippen molar-refractivity contribution in [1.82, 2.24) is 15.1 Å². The molecule has 2 atom stereocenters. The molecule has 1 saturated heterocycles. The van der Waals surface area contributed by atoms with Gasteiger partial charge in [0.1, 0.15) is 0 Å². The molecule has 112 valence electrons. The van der Waals surface area contributed by atoms with Gasteiger partial charge in [0.25, 0.3) is 0 Å². The molecule has 0 saturated carbocycles.